The molecule has 3 nitrogen and oxygen atoms in total. The molecule has 0 amide bonds. The summed E-state index contributed by atoms with van der Waals surface area (Å²) in [6.07, 6.45) is -0.281. The van der Waals surface area contributed by atoms with Gasteiger partial charge in [-0.05, 0) is 26.0 Å². The van der Waals surface area contributed by atoms with Crippen LogP contribution >= 0.6 is 23.1 Å². The molecule has 18 heavy (non-hydrogen) atoms. The van der Waals surface area contributed by atoms with E-state index in [0.29, 0.717) is 12.4 Å². The molecule has 0 fully saturated rings. The zero-order valence-corrected chi connectivity index (χ0v) is 12.1. The van der Waals surface area contributed by atoms with Gasteiger partial charge in [-0.2, -0.15) is 0 Å². The van der Waals surface area contributed by atoms with Gasteiger partial charge in [-0.15, -0.1) is 11.3 Å². The van der Waals surface area contributed by atoms with E-state index < -0.39 is 6.10 Å². The molecule has 1 unspecified atom stereocenters. The van der Waals surface area contributed by atoms with Crippen molar-refractivity contribution < 1.29 is 9.84 Å². The monoisotopic (exact) mass is 283 g/mol. The first kappa shape index (κ1) is 13.8. The fourth-order valence-electron chi connectivity index (χ4n) is 1.43. The Bertz CT molecular complexity index is 465. The molecule has 2 rings (SSSR count). The van der Waals surface area contributed by atoms with Crippen LogP contribution in [0.2, 0.25) is 0 Å². The molecule has 1 aromatic carbocycles. The number of aliphatic hydroxyl groups excluding tert-OH is 1. The SMILES string of the molecule is CC(C)OCC(O)CSc1nc2ccccc2s1. The molecule has 0 radical (unpaired) electrons. The highest BCUT2D eigenvalue weighted by Gasteiger charge is 2.09. The minimum atomic E-state index is -0.440. The molecule has 0 bridgehead atoms. The summed E-state index contributed by atoms with van der Waals surface area (Å²) < 4.78 is 7.56. The van der Waals surface area contributed by atoms with E-state index in [1.165, 1.54) is 4.70 Å². The predicted octanol–water partition coefficient (Wildman–Crippen LogP) is 3.17. The van der Waals surface area contributed by atoms with Crippen molar-refractivity contribution in [1.82, 2.24) is 4.98 Å². The van der Waals surface area contributed by atoms with E-state index in [-0.39, 0.29) is 6.10 Å². The Kier molecular flexibility index (Phi) is 5.00. The first-order valence-electron chi connectivity index (χ1n) is 5.93. The van der Waals surface area contributed by atoms with Crippen molar-refractivity contribution in [2.45, 2.75) is 30.4 Å². The van der Waals surface area contributed by atoms with Crippen LogP contribution in [0, 0.1) is 0 Å². The molecular weight excluding hydrogens is 266 g/mol. The van der Waals surface area contributed by atoms with Crippen LogP contribution in [0.3, 0.4) is 0 Å². The van der Waals surface area contributed by atoms with Gasteiger partial charge in [0.2, 0.25) is 0 Å². The van der Waals surface area contributed by atoms with Crippen molar-refractivity contribution in [2.24, 2.45) is 0 Å². The summed E-state index contributed by atoms with van der Waals surface area (Å²) in [5.41, 5.74) is 1.03. The number of hydrogen-bond acceptors (Lipinski definition) is 5. The van der Waals surface area contributed by atoms with E-state index in [9.17, 15) is 5.11 Å². The Labute approximate surface area is 115 Å². The van der Waals surface area contributed by atoms with Crippen LogP contribution in [-0.2, 0) is 4.74 Å². The lowest BCUT2D eigenvalue weighted by Gasteiger charge is -2.12. The molecule has 1 aromatic heterocycles. The summed E-state index contributed by atoms with van der Waals surface area (Å²) in [4.78, 5) is 4.51. The Morgan fingerprint density at radius 3 is 2.89 bits per heavy atom. The van der Waals surface area contributed by atoms with Gasteiger partial charge < -0.3 is 9.84 Å². The first-order chi connectivity index (χ1) is 8.65. The summed E-state index contributed by atoms with van der Waals surface area (Å²) in [5.74, 6) is 0.618. The van der Waals surface area contributed by atoms with E-state index in [4.69, 9.17) is 4.74 Å². The van der Waals surface area contributed by atoms with Crippen LogP contribution in [0.1, 0.15) is 13.8 Å². The Balaban J connectivity index is 1.86. The topological polar surface area (TPSA) is 42.4 Å². The summed E-state index contributed by atoms with van der Waals surface area (Å²) in [7, 11) is 0. The Morgan fingerprint density at radius 1 is 1.39 bits per heavy atom. The lowest BCUT2D eigenvalue weighted by molar-refractivity contribution is 0.0152. The summed E-state index contributed by atoms with van der Waals surface area (Å²) in [5, 5.41) is 9.77. The number of ether oxygens (including phenoxy) is 1. The van der Waals surface area contributed by atoms with Crippen LogP contribution < -0.4 is 0 Å². The zero-order valence-electron chi connectivity index (χ0n) is 10.5. The maximum absolute atomic E-state index is 9.77. The largest absolute Gasteiger partial charge is 0.390 e. The van der Waals surface area contributed by atoms with Gasteiger partial charge in [0, 0.05) is 5.75 Å². The minimum Gasteiger partial charge on any atom is -0.390 e. The molecule has 2 aromatic rings. The van der Waals surface area contributed by atoms with Gasteiger partial charge in [-0.25, -0.2) is 4.98 Å². The predicted molar refractivity (Wildman–Crippen MR) is 77.4 cm³/mol. The third-order valence-electron chi connectivity index (χ3n) is 2.30. The van der Waals surface area contributed by atoms with Gasteiger partial charge in [-0.3, -0.25) is 0 Å². The van der Waals surface area contributed by atoms with Gasteiger partial charge in [0.15, 0.2) is 4.34 Å². The zero-order chi connectivity index (χ0) is 13.0. The Hall–Kier alpha value is -0.620. The smallest absolute Gasteiger partial charge is 0.151 e. The third kappa shape index (κ3) is 3.95. The lowest BCUT2D eigenvalue weighted by atomic mass is 10.3. The van der Waals surface area contributed by atoms with Crippen molar-refractivity contribution in [3.8, 4) is 0 Å². The van der Waals surface area contributed by atoms with E-state index >= 15 is 0 Å². The average Bonchev–Trinajstić information content (AvgIpc) is 2.76. The van der Waals surface area contributed by atoms with Gasteiger partial charge >= 0.3 is 0 Å². The standard InChI is InChI=1S/C13H17NO2S2/c1-9(2)16-7-10(15)8-17-13-14-11-5-3-4-6-12(11)18-13/h3-6,9-10,15H,7-8H2,1-2H3. The molecule has 0 saturated heterocycles. The van der Waals surface area contributed by atoms with Gasteiger partial charge in [0.25, 0.3) is 0 Å². The molecule has 0 aliphatic carbocycles. The van der Waals surface area contributed by atoms with Crippen molar-refractivity contribution in [1.29, 1.82) is 0 Å². The molecule has 0 spiro atoms. The second kappa shape index (κ2) is 6.52. The highest BCUT2D eigenvalue weighted by atomic mass is 32.2. The summed E-state index contributed by atoms with van der Waals surface area (Å²) in [6, 6.07) is 8.08. The molecule has 98 valence electrons. The number of aliphatic hydroxyl groups is 1. The van der Waals surface area contributed by atoms with Gasteiger partial charge in [0.05, 0.1) is 29.0 Å². The summed E-state index contributed by atoms with van der Waals surface area (Å²) >= 11 is 3.25. The van der Waals surface area contributed by atoms with E-state index in [1.54, 1.807) is 23.1 Å². The lowest BCUT2D eigenvalue weighted by Crippen LogP contribution is -2.20. The van der Waals surface area contributed by atoms with E-state index in [0.717, 1.165) is 9.86 Å². The van der Waals surface area contributed by atoms with Gasteiger partial charge in [-0.1, -0.05) is 23.9 Å². The van der Waals surface area contributed by atoms with Crippen molar-refractivity contribution >= 4 is 33.3 Å². The minimum absolute atomic E-state index is 0.159. The van der Waals surface area contributed by atoms with Crippen LogP contribution in [0.15, 0.2) is 28.6 Å². The third-order valence-corrected chi connectivity index (χ3v) is 4.62. The number of benzene rings is 1. The molecule has 0 aliphatic rings. The maximum Gasteiger partial charge on any atom is 0.151 e. The first-order valence-corrected chi connectivity index (χ1v) is 7.73. The fraction of sp³-hybridized carbons (Fsp3) is 0.462. The molecule has 5 heteroatoms. The highest BCUT2D eigenvalue weighted by Crippen LogP contribution is 2.29. The van der Waals surface area contributed by atoms with Crippen LogP contribution in [0.4, 0.5) is 0 Å². The number of fused-ring (bicyclic) bond motifs is 1. The average molecular weight is 283 g/mol. The molecule has 0 aliphatic heterocycles. The molecule has 1 heterocycles. The van der Waals surface area contributed by atoms with E-state index in [1.807, 2.05) is 32.0 Å². The number of aromatic nitrogens is 1. The van der Waals surface area contributed by atoms with Crippen molar-refractivity contribution in [3.05, 3.63) is 24.3 Å². The summed E-state index contributed by atoms with van der Waals surface area (Å²) in [6.45, 7) is 4.32. The number of hydrogen-bond donors (Lipinski definition) is 1. The molecule has 0 saturated carbocycles. The number of thiazole rings is 1. The second-order valence-electron chi connectivity index (χ2n) is 4.29. The van der Waals surface area contributed by atoms with Crippen LogP contribution in [0.25, 0.3) is 10.2 Å². The number of nitrogens with zero attached hydrogens (tertiary/aromatic N) is 1. The van der Waals surface area contributed by atoms with Crippen molar-refractivity contribution in [3.63, 3.8) is 0 Å². The normalized spacial score (nSPS) is 13.3. The van der Waals surface area contributed by atoms with E-state index in [2.05, 4.69) is 11.1 Å². The number of rotatable bonds is 6. The molecule has 1 atom stereocenters. The number of para-hydroxylation sites is 1. The number of thioether (sulfide) groups is 1. The van der Waals surface area contributed by atoms with Crippen molar-refractivity contribution in [2.75, 3.05) is 12.4 Å². The molecular formula is C13H17NO2S2. The fourth-order valence-corrected chi connectivity index (χ4v) is 3.43. The molecule has 1 N–H and O–H groups in total. The highest BCUT2D eigenvalue weighted by molar-refractivity contribution is 8.01. The van der Waals surface area contributed by atoms with Gasteiger partial charge in [0.1, 0.15) is 0 Å². The Morgan fingerprint density at radius 2 is 2.17 bits per heavy atom. The maximum atomic E-state index is 9.77. The quantitative estimate of drug-likeness (QED) is 0.827. The van der Waals surface area contributed by atoms with Crippen LogP contribution in [-0.4, -0.2) is 34.7 Å². The second-order valence-corrected chi connectivity index (χ2v) is 6.59. The van der Waals surface area contributed by atoms with Crippen LogP contribution in [0.5, 0.6) is 0 Å².